The molecule has 2 N–H and O–H groups in total. The van der Waals surface area contributed by atoms with Crippen LogP contribution in [0.4, 0.5) is 10.1 Å². The van der Waals surface area contributed by atoms with Gasteiger partial charge in [-0.1, -0.05) is 11.6 Å². The van der Waals surface area contributed by atoms with Crippen molar-refractivity contribution in [2.45, 2.75) is 13.0 Å². The number of aromatic nitrogens is 1. The van der Waals surface area contributed by atoms with Crippen molar-refractivity contribution in [1.29, 1.82) is 0 Å². The zero-order valence-electron chi connectivity index (χ0n) is 8.00. The van der Waals surface area contributed by atoms with E-state index in [2.05, 4.69) is 10.3 Å². The Labute approximate surface area is 91.1 Å². The van der Waals surface area contributed by atoms with Crippen molar-refractivity contribution in [2.24, 2.45) is 0 Å². The van der Waals surface area contributed by atoms with Crippen LogP contribution in [0, 0.1) is 0 Å². The molecule has 0 radical (unpaired) electrons. The van der Waals surface area contributed by atoms with Crippen LogP contribution in [0.25, 0.3) is 0 Å². The van der Waals surface area contributed by atoms with Crippen LogP contribution in [0.2, 0.25) is 5.02 Å². The minimum Gasteiger partial charge on any atom is -0.478 e. The summed E-state index contributed by atoms with van der Waals surface area (Å²) in [4.78, 5) is 14.5. The summed E-state index contributed by atoms with van der Waals surface area (Å²) in [6.07, 6.45) is 2.47. The number of carboxylic acids is 1. The zero-order valence-corrected chi connectivity index (χ0v) is 8.75. The topological polar surface area (TPSA) is 62.2 Å². The van der Waals surface area contributed by atoms with Gasteiger partial charge in [-0.15, -0.1) is 0 Å². The first-order chi connectivity index (χ1) is 7.06. The molecule has 1 atom stereocenters. The maximum absolute atomic E-state index is 12.3. The van der Waals surface area contributed by atoms with Gasteiger partial charge in [-0.2, -0.15) is 0 Å². The summed E-state index contributed by atoms with van der Waals surface area (Å²) in [5.74, 6) is -1.15. The number of hydrogen-bond acceptors (Lipinski definition) is 3. The molecule has 0 aromatic carbocycles. The van der Waals surface area contributed by atoms with Crippen LogP contribution in [0.15, 0.2) is 12.4 Å². The number of halogens is 2. The molecule has 1 unspecified atom stereocenters. The molecule has 1 aromatic heterocycles. The van der Waals surface area contributed by atoms with Crippen LogP contribution in [0.1, 0.15) is 17.3 Å². The molecular weight excluding hydrogens is 223 g/mol. The fraction of sp³-hybridized carbons (Fsp3) is 0.333. The van der Waals surface area contributed by atoms with Crippen molar-refractivity contribution in [3.8, 4) is 0 Å². The quantitative estimate of drug-likeness (QED) is 0.836. The third-order valence-electron chi connectivity index (χ3n) is 1.75. The lowest BCUT2D eigenvalue weighted by Crippen LogP contribution is -2.19. The maximum Gasteiger partial charge on any atom is 0.339 e. The summed E-state index contributed by atoms with van der Waals surface area (Å²) >= 11 is 5.76. The van der Waals surface area contributed by atoms with E-state index in [4.69, 9.17) is 16.7 Å². The van der Waals surface area contributed by atoms with Crippen molar-refractivity contribution in [1.82, 2.24) is 4.98 Å². The monoisotopic (exact) mass is 232 g/mol. The predicted octanol–water partition coefficient (Wildman–Crippen LogP) is 2.20. The first-order valence-electron chi connectivity index (χ1n) is 4.25. The van der Waals surface area contributed by atoms with E-state index < -0.39 is 18.7 Å². The highest BCUT2D eigenvalue weighted by atomic mass is 35.5. The van der Waals surface area contributed by atoms with Gasteiger partial charge >= 0.3 is 5.97 Å². The summed E-state index contributed by atoms with van der Waals surface area (Å²) in [5.41, 5.74) is 0.132. The van der Waals surface area contributed by atoms with E-state index in [0.29, 0.717) is 0 Å². The highest BCUT2D eigenvalue weighted by Gasteiger charge is 2.15. The van der Waals surface area contributed by atoms with Gasteiger partial charge in [0.2, 0.25) is 0 Å². The van der Waals surface area contributed by atoms with Gasteiger partial charge in [-0.3, -0.25) is 4.98 Å². The second kappa shape index (κ2) is 4.93. The van der Waals surface area contributed by atoms with E-state index in [0.717, 1.165) is 0 Å². The molecule has 1 rings (SSSR count). The molecule has 1 aromatic rings. The number of rotatable bonds is 4. The highest BCUT2D eigenvalue weighted by molar-refractivity contribution is 6.33. The van der Waals surface area contributed by atoms with Crippen LogP contribution in [0.5, 0.6) is 0 Å². The van der Waals surface area contributed by atoms with Gasteiger partial charge in [0, 0.05) is 12.4 Å². The van der Waals surface area contributed by atoms with Crippen molar-refractivity contribution >= 4 is 23.3 Å². The van der Waals surface area contributed by atoms with Gasteiger partial charge < -0.3 is 10.4 Å². The molecule has 0 aliphatic carbocycles. The molecule has 6 heteroatoms. The van der Waals surface area contributed by atoms with Gasteiger partial charge in [0.25, 0.3) is 0 Å². The maximum atomic E-state index is 12.3. The molecule has 0 aliphatic rings. The third-order valence-corrected chi connectivity index (χ3v) is 2.04. The summed E-state index contributed by atoms with van der Waals surface area (Å²) in [6.45, 7) is 0.972. The Kier molecular flexibility index (Phi) is 3.85. The lowest BCUT2D eigenvalue weighted by atomic mass is 10.2. The molecule has 82 valence electrons. The van der Waals surface area contributed by atoms with Gasteiger partial charge in [-0.05, 0) is 6.92 Å². The van der Waals surface area contributed by atoms with Gasteiger partial charge in [0.1, 0.15) is 12.2 Å². The number of pyridine rings is 1. The molecule has 1 heterocycles. The van der Waals surface area contributed by atoms with E-state index in [9.17, 15) is 9.18 Å². The third kappa shape index (κ3) is 2.79. The number of hydrogen-bond donors (Lipinski definition) is 2. The minimum atomic E-state index is -1.15. The average molecular weight is 233 g/mol. The Morgan fingerprint density at radius 1 is 1.73 bits per heavy atom. The van der Waals surface area contributed by atoms with Crippen LogP contribution in [-0.2, 0) is 0 Å². The molecule has 0 saturated carbocycles. The molecule has 0 fully saturated rings. The van der Waals surface area contributed by atoms with Crippen LogP contribution in [-0.4, -0.2) is 28.8 Å². The largest absolute Gasteiger partial charge is 0.478 e. The minimum absolute atomic E-state index is 0.0669. The van der Waals surface area contributed by atoms with Crippen molar-refractivity contribution < 1.29 is 14.3 Å². The number of nitrogens with one attached hydrogen (secondary N) is 1. The Morgan fingerprint density at radius 2 is 2.40 bits per heavy atom. The second-order valence-electron chi connectivity index (χ2n) is 3.05. The van der Waals surface area contributed by atoms with Crippen LogP contribution >= 0.6 is 11.6 Å². The second-order valence-corrected chi connectivity index (χ2v) is 3.46. The SMILES string of the molecule is CC(CF)Nc1c(Cl)cncc1C(=O)O. The Balaban J connectivity index is 3.07. The van der Waals surface area contributed by atoms with E-state index in [1.165, 1.54) is 12.4 Å². The fourth-order valence-electron chi connectivity index (χ4n) is 1.03. The number of anilines is 1. The van der Waals surface area contributed by atoms with Gasteiger partial charge in [0.05, 0.1) is 16.8 Å². The zero-order chi connectivity index (χ0) is 11.4. The molecule has 4 nitrogen and oxygen atoms in total. The molecule has 0 spiro atoms. The van der Waals surface area contributed by atoms with Crippen LogP contribution < -0.4 is 5.32 Å². The lowest BCUT2D eigenvalue weighted by molar-refractivity contribution is 0.0697. The number of carbonyl (C=O) groups is 1. The van der Waals surface area contributed by atoms with Crippen molar-refractivity contribution in [3.63, 3.8) is 0 Å². The van der Waals surface area contributed by atoms with Crippen LogP contribution in [0.3, 0.4) is 0 Å². The average Bonchev–Trinajstić information content (AvgIpc) is 2.20. The van der Waals surface area contributed by atoms with Crippen molar-refractivity contribution in [2.75, 3.05) is 12.0 Å². The smallest absolute Gasteiger partial charge is 0.339 e. The predicted molar refractivity (Wildman–Crippen MR) is 55.3 cm³/mol. The number of alkyl halides is 1. The molecule has 15 heavy (non-hydrogen) atoms. The number of nitrogens with zero attached hydrogens (tertiary/aromatic N) is 1. The fourth-order valence-corrected chi connectivity index (χ4v) is 1.24. The molecule has 0 aliphatic heterocycles. The normalized spacial score (nSPS) is 12.2. The van der Waals surface area contributed by atoms with E-state index in [-0.39, 0.29) is 16.3 Å². The lowest BCUT2D eigenvalue weighted by Gasteiger charge is -2.14. The first kappa shape index (κ1) is 11.7. The van der Waals surface area contributed by atoms with E-state index in [1.807, 2.05) is 0 Å². The Morgan fingerprint density at radius 3 is 2.93 bits per heavy atom. The highest BCUT2D eigenvalue weighted by Crippen LogP contribution is 2.25. The van der Waals surface area contributed by atoms with Crippen molar-refractivity contribution in [3.05, 3.63) is 23.0 Å². The summed E-state index contributed by atoms with van der Waals surface area (Å²) in [6, 6.07) is -0.497. The van der Waals surface area contributed by atoms with E-state index >= 15 is 0 Å². The standard InChI is InChI=1S/C9H10ClFN2O2/c1-5(2-11)13-8-6(9(14)15)3-12-4-7(8)10/h3-5H,2H2,1H3,(H,12,13)(H,14,15). The molecule has 0 saturated heterocycles. The molecule has 0 amide bonds. The van der Waals surface area contributed by atoms with Gasteiger partial charge in [0.15, 0.2) is 0 Å². The Bertz CT molecular complexity index is 373. The summed E-state index contributed by atoms with van der Waals surface area (Å²) in [5, 5.41) is 11.7. The van der Waals surface area contributed by atoms with Gasteiger partial charge in [-0.25, -0.2) is 9.18 Å². The molecular formula is C9H10ClFN2O2. The summed E-state index contributed by atoms with van der Waals surface area (Å²) in [7, 11) is 0. The Hall–Kier alpha value is -1.36. The first-order valence-corrected chi connectivity index (χ1v) is 4.63. The number of carboxylic acid groups (broad SMARTS) is 1. The summed E-state index contributed by atoms with van der Waals surface area (Å²) < 4.78 is 12.3. The molecule has 0 bridgehead atoms. The number of aromatic carboxylic acids is 1. The van der Waals surface area contributed by atoms with E-state index in [1.54, 1.807) is 6.92 Å².